The maximum atomic E-state index is 12.4. The minimum absolute atomic E-state index is 0.0271. The lowest BCUT2D eigenvalue weighted by molar-refractivity contribution is 0.0175. The predicted octanol–water partition coefficient (Wildman–Crippen LogP) is 4.85. The second-order valence-corrected chi connectivity index (χ2v) is 9.36. The van der Waals surface area contributed by atoms with Gasteiger partial charge in [0.2, 0.25) is 0 Å². The topological polar surface area (TPSA) is 92.8 Å². The number of nitrogens with one attached hydrogen (secondary N) is 2. The molecule has 1 saturated heterocycles. The third kappa shape index (κ3) is 3.87. The van der Waals surface area contributed by atoms with Gasteiger partial charge < -0.3 is 15.0 Å². The third-order valence-corrected chi connectivity index (χ3v) is 6.96. The van der Waals surface area contributed by atoms with Gasteiger partial charge in [-0.25, -0.2) is 9.78 Å². The van der Waals surface area contributed by atoms with Crippen molar-refractivity contribution < 1.29 is 9.53 Å². The quantitative estimate of drug-likeness (QED) is 0.359. The van der Waals surface area contributed by atoms with Gasteiger partial charge in [0.15, 0.2) is 0 Å². The molecule has 0 radical (unpaired) electrons. The minimum Gasteiger partial charge on any atom is -0.455 e. The molecule has 1 aromatic carbocycles. The molecule has 1 aliphatic rings. The molecule has 0 aliphatic carbocycles. The Bertz CT molecular complexity index is 1520. The monoisotopic (exact) mass is 467 g/mol. The van der Waals surface area contributed by atoms with Gasteiger partial charge >= 0.3 is 5.97 Å². The van der Waals surface area contributed by atoms with Crippen LogP contribution in [0, 0.1) is 6.92 Å². The van der Waals surface area contributed by atoms with Gasteiger partial charge in [0.25, 0.3) is 0 Å². The lowest BCUT2D eigenvalue weighted by Gasteiger charge is -2.26. The molecular weight excluding hydrogens is 446 g/mol. The zero-order chi connectivity index (χ0) is 23.1. The Hall–Kier alpha value is -3.88. The molecule has 0 spiro atoms. The lowest BCUT2D eigenvalue weighted by atomic mass is 10.0. The van der Waals surface area contributed by atoms with E-state index in [-0.39, 0.29) is 12.1 Å². The Labute approximate surface area is 199 Å². The minimum atomic E-state index is -0.269. The van der Waals surface area contributed by atoms with E-state index in [1.165, 1.54) is 11.3 Å². The summed E-state index contributed by atoms with van der Waals surface area (Å²) < 4.78 is 5.48. The average molecular weight is 468 g/mol. The van der Waals surface area contributed by atoms with Crippen LogP contribution in [0.15, 0.2) is 67.1 Å². The van der Waals surface area contributed by atoms with Crippen LogP contribution in [0.3, 0.4) is 0 Å². The van der Waals surface area contributed by atoms with Gasteiger partial charge in [0.05, 0.1) is 28.9 Å². The van der Waals surface area contributed by atoms with E-state index < -0.39 is 0 Å². The maximum absolute atomic E-state index is 12.4. The second kappa shape index (κ2) is 8.48. The van der Waals surface area contributed by atoms with Crippen molar-refractivity contribution in [2.75, 3.05) is 13.1 Å². The summed E-state index contributed by atoms with van der Waals surface area (Å²) in [6.07, 6.45) is 3.51. The highest BCUT2D eigenvalue weighted by Gasteiger charge is 2.23. The number of imidazole rings is 1. The van der Waals surface area contributed by atoms with E-state index >= 15 is 0 Å². The van der Waals surface area contributed by atoms with Crippen LogP contribution in [-0.4, -0.2) is 45.1 Å². The van der Waals surface area contributed by atoms with Crippen molar-refractivity contribution in [3.8, 4) is 33.1 Å². The first-order valence-corrected chi connectivity index (χ1v) is 11.9. The summed E-state index contributed by atoms with van der Waals surface area (Å²) in [5.74, 6) is -0.269. The zero-order valence-electron chi connectivity index (χ0n) is 18.4. The number of aromatic nitrogens is 4. The summed E-state index contributed by atoms with van der Waals surface area (Å²) in [7, 11) is 0. The van der Waals surface area contributed by atoms with E-state index in [2.05, 4.69) is 37.4 Å². The highest BCUT2D eigenvalue weighted by molar-refractivity contribution is 7.17. The van der Waals surface area contributed by atoms with E-state index in [1.54, 1.807) is 6.33 Å². The van der Waals surface area contributed by atoms with Crippen LogP contribution in [-0.2, 0) is 4.74 Å². The summed E-state index contributed by atoms with van der Waals surface area (Å²) in [5.41, 5.74) is 6.38. The number of aromatic amines is 1. The van der Waals surface area contributed by atoms with Crippen LogP contribution in [0.2, 0.25) is 0 Å². The largest absolute Gasteiger partial charge is 0.455 e. The number of pyridine rings is 2. The second-order valence-electron chi connectivity index (χ2n) is 8.27. The number of nitrogens with zero attached hydrogens (tertiary/aromatic N) is 3. The lowest BCUT2D eigenvalue weighted by Crippen LogP contribution is -2.49. The molecular formula is C26H21N5O2S. The van der Waals surface area contributed by atoms with Gasteiger partial charge in [-0.3, -0.25) is 9.97 Å². The van der Waals surface area contributed by atoms with Crippen molar-refractivity contribution in [2.24, 2.45) is 0 Å². The van der Waals surface area contributed by atoms with Crippen molar-refractivity contribution in [3.63, 3.8) is 0 Å². The van der Waals surface area contributed by atoms with Crippen molar-refractivity contribution in [1.82, 2.24) is 25.3 Å². The summed E-state index contributed by atoms with van der Waals surface area (Å²) in [4.78, 5) is 31.0. The Morgan fingerprint density at radius 3 is 2.76 bits per heavy atom. The Morgan fingerprint density at radius 1 is 1.06 bits per heavy atom. The highest BCUT2D eigenvalue weighted by Crippen LogP contribution is 2.33. The molecule has 0 atom stereocenters. The molecule has 1 fully saturated rings. The van der Waals surface area contributed by atoms with Crippen molar-refractivity contribution in [1.29, 1.82) is 0 Å². The summed E-state index contributed by atoms with van der Waals surface area (Å²) in [5, 5.41) is 4.10. The molecule has 1 aliphatic heterocycles. The fourth-order valence-electron chi connectivity index (χ4n) is 3.96. The highest BCUT2D eigenvalue weighted by atomic mass is 32.1. The standard InChI is InChI=1S/C26H21N5O2S/c1-15-3-2-4-21(31-15)25-24(29-14-30-25)16-5-6-20-17(9-16)10-18(11-28-20)22-7-8-23(34-22)26(32)33-19-12-27-13-19/h2-11,14,19,27H,12-13H2,1H3,(H,29,30). The molecule has 0 amide bonds. The van der Waals surface area contributed by atoms with Gasteiger partial charge in [-0.15, -0.1) is 11.3 Å². The average Bonchev–Trinajstić information content (AvgIpc) is 3.51. The first kappa shape index (κ1) is 20.7. The van der Waals surface area contributed by atoms with Gasteiger partial charge in [-0.1, -0.05) is 12.1 Å². The fourth-order valence-corrected chi connectivity index (χ4v) is 4.83. The zero-order valence-corrected chi connectivity index (χ0v) is 19.2. The fraction of sp³-hybridized carbons (Fsp3) is 0.154. The Balaban J connectivity index is 1.32. The van der Waals surface area contributed by atoms with Gasteiger partial charge in [-0.2, -0.15) is 0 Å². The summed E-state index contributed by atoms with van der Waals surface area (Å²) >= 11 is 1.42. The number of carbonyl (C=O) groups is 1. The smallest absolute Gasteiger partial charge is 0.348 e. The number of rotatable bonds is 5. The first-order chi connectivity index (χ1) is 16.6. The van der Waals surface area contributed by atoms with Crippen LogP contribution in [0.1, 0.15) is 15.4 Å². The maximum Gasteiger partial charge on any atom is 0.348 e. The Kier molecular flexibility index (Phi) is 5.16. The number of thiophene rings is 1. The molecule has 2 N–H and O–H groups in total. The number of H-pyrrole nitrogens is 1. The molecule has 5 aromatic rings. The normalized spacial score (nSPS) is 13.7. The SMILES string of the molecule is Cc1cccc(-c2[nH]cnc2-c2ccc3ncc(-c4ccc(C(=O)OC5CNC5)s4)cc3c2)n1. The number of esters is 1. The number of hydrogen-bond acceptors (Lipinski definition) is 7. The van der Waals surface area contributed by atoms with Crippen molar-refractivity contribution in [3.05, 3.63) is 77.7 Å². The van der Waals surface area contributed by atoms with Gasteiger partial charge in [-0.05, 0) is 49.4 Å². The molecule has 7 nitrogen and oxygen atoms in total. The third-order valence-electron chi connectivity index (χ3n) is 5.85. The summed E-state index contributed by atoms with van der Waals surface area (Å²) in [6, 6.07) is 17.9. The Morgan fingerprint density at radius 2 is 1.94 bits per heavy atom. The molecule has 5 heterocycles. The predicted molar refractivity (Wildman–Crippen MR) is 133 cm³/mol. The molecule has 0 bridgehead atoms. The van der Waals surface area contributed by atoms with Crippen LogP contribution in [0.5, 0.6) is 0 Å². The molecule has 34 heavy (non-hydrogen) atoms. The van der Waals surface area contributed by atoms with Crippen molar-refractivity contribution >= 4 is 28.2 Å². The molecule has 6 rings (SSSR count). The number of carbonyl (C=O) groups excluding carboxylic acids is 1. The molecule has 4 aromatic heterocycles. The molecule has 0 saturated carbocycles. The van der Waals surface area contributed by atoms with E-state index in [0.29, 0.717) is 4.88 Å². The molecule has 168 valence electrons. The van der Waals surface area contributed by atoms with E-state index in [1.807, 2.05) is 55.6 Å². The van der Waals surface area contributed by atoms with Gasteiger partial charge in [0, 0.05) is 46.4 Å². The van der Waals surface area contributed by atoms with Crippen LogP contribution < -0.4 is 5.32 Å². The number of benzene rings is 1. The van der Waals surface area contributed by atoms with Crippen LogP contribution in [0.4, 0.5) is 0 Å². The molecule has 0 unspecified atom stereocenters. The van der Waals surface area contributed by atoms with Gasteiger partial charge in [0.1, 0.15) is 11.0 Å². The van der Waals surface area contributed by atoms with Crippen LogP contribution >= 0.6 is 11.3 Å². The number of ether oxygens (including phenoxy) is 1. The van der Waals surface area contributed by atoms with E-state index in [9.17, 15) is 4.79 Å². The van der Waals surface area contributed by atoms with Crippen molar-refractivity contribution in [2.45, 2.75) is 13.0 Å². The number of fused-ring (bicyclic) bond motifs is 1. The first-order valence-electron chi connectivity index (χ1n) is 11.0. The molecule has 8 heteroatoms. The van der Waals surface area contributed by atoms with Crippen LogP contribution in [0.25, 0.3) is 44.0 Å². The number of hydrogen-bond donors (Lipinski definition) is 2. The number of aryl methyl sites for hydroxylation is 1. The van der Waals surface area contributed by atoms with E-state index in [0.717, 1.165) is 62.8 Å². The summed E-state index contributed by atoms with van der Waals surface area (Å²) in [6.45, 7) is 3.42. The van der Waals surface area contributed by atoms with E-state index in [4.69, 9.17) is 4.74 Å².